The van der Waals surface area contributed by atoms with Crippen LogP contribution in [-0.2, 0) is 27.8 Å². The van der Waals surface area contributed by atoms with Gasteiger partial charge in [-0.2, -0.15) is 9.29 Å². The molecule has 3 aromatic rings. The average Bonchev–Trinajstić information content (AvgIpc) is 3.56. The summed E-state index contributed by atoms with van der Waals surface area (Å²) in [4.78, 5) is 18.9. The lowest BCUT2D eigenvalue weighted by Gasteiger charge is -2.18. The summed E-state index contributed by atoms with van der Waals surface area (Å²) in [6.45, 7) is 3.26. The zero-order valence-electron chi connectivity index (χ0n) is 20.2. The standard InChI is InChI=1S/C25H30N4O5S/c1-18-6-8-19(9-7-18)25-26-23(34-27-25)17-28(2)24(30)13-10-20-16-21(11-12-22(20)33-3)35(31,32)29-14-4-5-15-29/h6-9,11-12,16H,4-5,10,13-15,17H2,1-3H3. The van der Waals surface area contributed by atoms with Crippen LogP contribution in [0.1, 0.15) is 36.3 Å². The largest absolute Gasteiger partial charge is 0.496 e. The Morgan fingerprint density at radius 3 is 2.54 bits per heavy atom. The minimum Gasteiger partial charge on any atom is -0.496 e. The summed E-state index contributed by atoms with van der Waals surface area (Å²) >= 11 is 0. The zero-order valence-corrected chi connectivity index (χ0v) is 21.0. The van der Waals surface area contributed by atoms with Crippen molar-refractivity contribution >= 4 is 15.9 Å². The predicted molar refractivity (Wildman–Crippen MR) is 130 cm³/mol. The Labute approximate surface area is 205 Å². The molecule has 0 saturated carbocycles. The zero-order chi connectivity index (χ0) is 25.0. The summed E-state index contributed by atoms with van der Waals surface area (Å²) in [7, 11) is -0.349. The van der Waals surface area contributed by atoms with Crippen molar-refractivity contribution in [1.29, 1.82) is 0 Å². The number of aromatic nitrogens is 2. The van der Waals surface area contributed by atoms with Gasteiger partial charge < -0.3 is 14.2 Å². The average molecular weight is 499 g/mol. The molecule has 4 rings (SSSR count). The quantitative estimate of drug-likeness (QED) is 0.445. The molecule has 2 heterocycles. The third-order valence-corrected chi connectivity index (χ3v) is 8.03. The number of rotatable bonds is 9. The second-order valence-electron chi connectivity index (χ2n) is 8.71. The monoisotopic (exact) mass is 498 g/mol. The molecule has 0 bridgehead atoms. The molecule has 0 aliphatic carbocycles. The number of carbonyl (C=O) groups is 1. The van der Waals surface area contributed by atoms with Gasteiger partial charge in [0.15, 0.2) is 0 Å². The van der Waals surface area contributed by atoms with Crippen molar-refractivity contribution in [2.45, 2.75) is 44.0 Å². The molecule has 2 aromatic carbocycles. The van der Waals surface area contributed by atoms with E-state index in [1.54, 1.807) is 25.2 Å². The maximum absolute atomic E-state index is 12.9. The maximum atomic E-state index is 12.9. The van der Waals surface area contributed by atoms with Gasteiger partial charge in [0.25, 0.3) is 0 Å². The van der Waals surface area contributed by atoms with Crippen molar-refractivity contribution in [1.82, 2.24) is 19.3 Å². The second-order valence-corrected chi connectivity index (χ2v) is 10.7. The van der Waals surface area contributed by atoms with Crippen molar-refractivity contribution in [3.63, 3.8) is 0 Å². The van der Waals surface area contributed by atoms with Gasteiger partial charge in [-0.15, -0.1) is 0 Å². The van der Waals surface area contributed by atoms with Crippen molar-refractivity contribution < 1.29 is 22.5 Å². The fourth-order valence-corrected chi connectivity index (χ4v) is 5.62. The number of aryl methyl sites for hydroxylation is 2. The van der Waals surface area contributed by atoms with Crippen LogP contribution >= 0.6 is 0 Å². The third kappa shape index (κ3) is 5.71. The first-order chi connectivity index (χ1) is 16.8. The van der Waals surface area contributed by atoms with E-state index in [1.807, 2.05) is 31.2 Å². The fourth-order valence-electron chi connectivity index (χ4n) is 4.05. The number of methoxy groups -OCH3 is 1. The summed E-state index contributed by atoms with van der Waals surface area (Å²) in [5.74, 6) is 1.24. The fraction of sp³-hybridized carbons (Fsp3) is 0.400. The van der Waals surface area contributed by atoms with Gasteiger partial charge in [0.05, 0.1) is 18.6 Å². The van der Waals surface area contributed by atoms with Gasteiger partial charge in [-0.05, 0) is 49.9 Å². The van der Waals surface area contributed by atoms with Gasteiger partial charge in [-0.3, -0.25) is 4.79 Å². The molecule has 10 heteroatoms. The van der Waals surface area contributed by atoms with E-state index in [2.05, 4.69) is 10.1 Å². The molecule has 0 spiro atoms. The van der Waals surface area contributed by atoms with E-state index in [-0.39, 0.29) is 23.8 Å². The molecular formula is C25H30N4O5S. The van der Waals surface area contributed by atoms with E-state index in [1.165, 1.54) is 16.3 Å². The van der Waals surface area contributed by atoms with Crippen LogP contribution in [0.4, 0.5) is 0 Å². The molecule has 9 nitrogen and oxygen atoms in total. The molecule has 1 aliphatic heterocycles. The van der Waals surface area contributed by atoms with Crippen LogP contribution in [-0.4, -0.2) is 60.9 Å². The van der Waals surface area contributed by atoms with Gasteiger partial charge in [0.2, 0.25) is 27.6 Å². The summed E-state index contributed by atoms with van der Waals surface area (Å²) < 4.78 is 38.1. The van der Waals surface area contributed by atoms with Crippen molar-refractivity contribution in [2.24, 2.45) is 0 Å². The molecule has 1 fully saturated rings. The Morgan fingerprint density at radius 2 is 1.86 bits per heavy atom. The lowest BCUT2D eigenvalue weighted by molar-refractivity contribution is -0.130. The number of sulfonamides is 1. The Hall–Kier alpha value is -3.24. The lowest BCUT2D eigenvalue weighted by Crippen LogP contribution is -2.28. The van der Waals surface area contributed by atoms with Gasteiger partial charge in [-0.1, -0.05) is 35.0 Å². The van der Waals surface area contributed by atoms with Crippen LogP contribution in [0.3, 0.4) is 0 Å². The van der Waals surface area contributed by atoms with E-state index in [4.69, 9.17) is 9.26 Å². The normalized spacial score (nSPS) is 14.3. The van der Waals surface area contributed by atoms with Crippen LogP contribution in [0.5, 0.6) is 5.75 Å². The highest BCUT2D eigenvalue weighted by molar-refractivity contribution is 7.89. The van der Waals surface area contributed by atoms with Crippen LogP contribution in [0, 0.1) is 6.92 Å². The predicted octanol–water partition coefficient (Wildman–Crippen LogP) is 3.43. The molecule has 0 unspecified atom stereocenters. The van der Waals surface area contributed by atoms with Crippen LogP contribution < -0.4 is 4.74 Å². The SMILES string of the molecule is COc1ccc(S(=O)(=O)N2CCCC2)cc1CCC(=O)N(C)Cc1nc(-c2ccc(C)cc2)no1. The topological polar surface area (TPSA) is 106 Å². The number of amides is 1. The number of ether oxygens (including phenoxy) is 1. The summed E-state index contributed by atoms with van der Waals surface area (Å²) in [5, 5.41) is 4.01. The van der Waals surface area contributed by atoms with Crippen LogP contribution in [0.15, 0.2) is 51.9 Å². The summed E-state index contributed by atoms with van der Waals surface area (Å²) in [6.07, 6.45) is 2.26. The molecule has 1 aromatic heterocycles. The van der Waals surface area contributed by atoms with Gasteiger partial charge in [0.1, 0.15) is 5.75 Å². The number of carbonyl (C=O) groups excluding carboxylic acids is 1. The molecular weight excluding hydrogens is 468 g/mol. The van der Waals surface area contributed by atoms with E-state index in [0.29, 0.717) is 42.5 Å². The van der Waals surface area contributed by atoms with Crippen molar-refractivity contribution in [3.05, 3.63) is 59.5 Å². The minimum absolute atomic E-state index is 0.130. The Kier molecular flexibility index (Phi) is 7.51. The molecule has 0 N–H and O–H groups in total. The van der Waals surface area contributed by atoms with Gasteiger partial charge in [-0.25, -0.2) is 8.42 Å². The molecule has 1 saturated heterocycles. The maximum Gasteiger partial charge on any atom is 0.246 e. The number of hydrogen-bond donors (Lipinski definition) is 0. The minimum atomic E-state index is -3.55. The molecule has 186 valence electrons. The second kappa shape index (κ2) is 10.6. The van der Waals surface area contributed by atoms with E-state index >= 15 is 0 Å². The van der Waals surface area contributed by atoms with Crippen molar-refractivity contribution in [3.8, 4) is 17.1 Å². The smallest absolute Gasteiger partial charge is 0.246 e. The highest BCUT2D eigenvalue weighted by atomic mass is 32.2. The molecule has 0 radical (unpaired) electrons. The molecule has 1 aliphatic rings. The number of nitrogens with zero attached hydrogens (tertiary/aromatic N) is 4. The highest BCUT2D eigenvalue weighted by Gasteiger charge is 2.28. The van der Waals surface area contributed by atoms with Crippen LogP contribution in [0.25, 0.3) is 11.4 Å². The van der Waals surface area contributed by atoms with Crippen molar-refractivity contribution in [2.75, 3.05) is 27.2 Å². The lowest BCUT2D eigenvalue weighted by atomic mass is 10.1. The van der Waals surface area contributed by atoms with E-state index in [0.717, 1.165) is 24.0 Å². The highest BCUT2D eigenvalue weighted by Crippen LogP contribution is 2.27. The first-order valence-electron chi connectivity index (χ1n) is 11.6. The molecule has 0 atom stereocenters. The van der Waals surface area contributed by atoms with Crippen LogP contribution in [0.2, 0.25) is 0 Å². The van der Waals surface area contributed by atoms with E-state index < -0.39 is 10.0 Å². The van der Waals surface area contributed by atoms with E-state index in [9.17, 15) is 13.2 Å². The number of hydrogen-bond acceptors (Lipinski definition) is 7. The summed E-state index contributed by atoms with van der Waals surface area (Å²) in [6, 6.07) is 12.6. The Bertz CT molecular complexity index is 1280. The van der Waals surface area contributed by atoms with Gasteiger partial charge >= 0.3 is 0 Å². The molecule has 35 heavy (non-hydrogen) atoms. The summed E-state index contributed by atoms with van der Waals surface area (Å²) in [5.41, 5.74) is 2.66. The van der Waals surface area contributed by atoms with Gasteiger partial charge in [0, 0.05) is 32.1 Å². The Morgan fingerprint density at radius 1 is 1.14 bits per heavy atom. The first kappa shape index (κ1) is 24.9. The molecule has 1 amide bonds. The Balaban J connectivity index is 1.40. The number of benzene rings is 2. The third-order valence-electron chi connectivity index (χ3n) is 6.14. The first-order valence-corrected chi connectivity index (χ1v) is 13.0.